The first-order chi connectivity index (χ1) is 13.8. The van der Waals surface area contributed by atoms with E-state index in [4.69, 9.17) is 4.74 Å². The fourth-order valence-electron chi connectivity index (χ4n) is 2.13. The number of rotatable bonds is 7. The van der Waals surface area contributed by atoms with Crippen LogP contribution in [0.4, 0.5) is 5.69 Å². The number of carbonyl (C=O) groups excluding carboxylic acids is 3. The molecule has 2 aromatic carbocycles. The summed E-state index contributed by atoms with van der Waals surface area (Å²) >= 11 is 3.33. The molecule has 0 fully saturated rings. The van der Waals surface area contributed by atoms with Crippen molar-refractivity contribution in [1.29, 1.82) is 0 Å². The second-order valence-electron chi connectivity index (χ2n) is 6.21. The molecule has 152 valence electrons. The van der Waals surface area contributed by atoms with Gasteiger partial charge in [-0.15, -0.1) is 0 Å². The van der Waals surface area contributed by atoms with Crippen molar-refractivity contribution in [3.63, 3.8) is 0 Å². The highest BCUT2D eigenvalue weighted by Gasteiger charge is 2.13. The number of halogens is 1. The molecule has 0 aliphatic heterocycles. The Balaban J connectivity index is 1.90. The maximum Gasteiger partial charge on any atom is 0.329 e. The maximum absolute atomic E-state index is 12.1. The molecule has 0 aliphatic rings. The molecule has 0 atom stereocenters. The molecule has 0 bridgehead atoms. The van der Waals surface area contributed by atoms with Crippen molar-refractivity contribution in [1.82, 2.24) is 10.7 Å². The number of nitrogens with one attached hydrogen (secondary N) is 3. The van der Waals surface area contributed by atoms with Gasteiger partial charge in [-0.2, -0.15) is 5.10 Å². The number of hydrogen-bond donors (Lipinski definition) is 3. The summed E-state index contributed by atoms with van der Waals surface area (Å²) in [5.74, 6) is -1.56. The van der Waals surface area contributed by atoms with Crippen LogP contribution in [-0.4, -0.2) is 36.6 Å². The average Bonchev–Trinajstić information content (AvgIpc) is 2.68. The van der Waals surface area contributed by atoms with E-state index in [0.29, 0.717) is 17.0 Å². The van der Waals surface area contributed by atoms with E-state index in [1.54, 1.807) is 50.2 Å². The molecule has 9 heteroatoms. The van der Waals surface area contributed by atoms with Gasteiger partial charge in [-0.05, 0) is 50.2 Å². The summed E-state index contributed by atoms with van der Waals surface area (Å²) in [4.78, 5) is 35.2. The van der Waals surface area contributed by atoms with Crippen LogP contribution in [0.5, 0.6) is 5.75 Å². The quantitative estimate of drug-likeness (QED) is 0.334. The number of carbonyl (C=O) groups is 3. The molecule has 29 heavy (non-hydrogen) atoms. The van der Waals surface area contributed by atoms with E-state index in [0.717, 1.165) is 4.47 Å². The highest BCUT2D eigenvalue weighted by Crippen LogP contribution is 2.17. The molecule has 0 aromatic heterocycles. The van der Waals surface area contributed by atoms with Crippen molar-refractivity contribution in [2.24, 2.45) is 5.10 Å². The second kappa shape index (κ2) is 11.0. The molecular formula is C20H21BrN4O4. The zero-order valence-corrected chi connectivity index (χ0v) is 17.5. The van der Waals surface area contributed by atoms with Crippen LogP contribution in [0, 0.1) is 0 Å². The first kappa shape index (κ1) is 22.1. The van der Waals surface area contributed by atoms with Gasteiger partial charge in [0, 0.05) is 21.8 Å². The van der Waals surface area contributed by atoms with Crippen molar-refractivity contribution in [2.45, 2.75) is 19.9 Å². The lowest BCUT2D eigenvalue weighted by molar-refractivity contribution is -0.139. The Hall–Kier alpha value is -3.20. The van der Waals surface area contributed by atoms with Crippen molar-refractivity contribution in [2.75, 3.05) is 11.9 Å². The zero-order valence-electron chi connectivity index (χ0n) is 15.9. The van der Waals surface area contributed by atoms with Crippen molar-refractivity contribution >= 4 is 45.6 Å². The van der Waals surface area contributed by atoms with E-state index < -0.39 is 11.8 Å². The lowest BCUT2D eigenvalue weighted by Crippen LogP contribution is -2.41. The van der Waals surface area contributed by atoms with Gasteiger partial charge in [0.25, 0.3) is 5.91 Å². The van der Waals surface area contributed by atoms with Gasteiger partial charge in [-0.3, -0.25) is 14.4 Å². The SMILES string of the molecule is CC(C)NC(=O)C(=O)N/N=C\c1ccccc1OCC(=O)Nc1ccc(Br)cc1. The lowest BCUT2D eigenvalue weighted by atomic mass is 10.2. The molecule has 2 aromatic rings. The van der Waals surface area contributed by atoms with Gasteiger partial charge in [0.05, 0.1) is 6.21 Å². The van der Waals surface area contributed by atoms with Crippen LogP contribution in [0.1, 0.15) is 19.4 Å². The predicted molar refractivity (Wildman–Crippen MR) is 114 cm³/mol. The third-order valence-corrected chi connectivity index (χ3v) is 3.93. The first-order valence-electron chi connectivity index (χ1n) is 8.76. The monoisotopic (exact) mass is 460 g/mol. The molecular weight excluding hydrogens is 440 g/mol. The molecule has 0 spiro atoms. The van der Waals surface area contributed by atoms with Crippen LogP contribution in [-0.2, 0) is 14.4 Å². The number of para-hydroxylation sites is 1. The summed E-state index contributed by atoms with van der Waals surface area (Å²) in [5.41, 5.74) is 3.33. The van der Waals surface area contributed by atoms with Crippen LogP contribution < -0.4 is 20.8 Å². The number of amides is 3. The summed E-state index contributed by atoms with van der Waals surface area (Å²) < 4.78 is 6.46. The largest absolute Gasteiger partial charge is 0.483 e. The summed E-state index contributed by atoms with van der Waals surface area (Å²) in [6, 6.07) is 13.9. The topological polar surface area (TPSA) is 109 Å². The highest BCUT2D eigenvalue weighted by molar-refractivity contribution is 9.10. The number of ether oxygens (including phenoxy) is 1. The Kier molecular flexibility index (Phi) is 8.35. The molecule has 3 amide bonds. The van der Waals surface area contributed by atoms with Gasteiger partial charge >= 0.3 is 11.8 Å². The van der Waals surface area contributed by atoms with Gasteiger partial charge in [0.1, 0.15) is 5.75 Å². The van der Waals surface area contributed by atoms with E-state index in [1.807, 2.05) is 12.1 Å². The standard InChI is InChI=1S/C20H21BrN4O4/c1-13(2)23-19(27)20(28)25-22-11-14-5-3-4-6-17(14)29-12-18(26)24-16-9-7-15(21)8-10-16/h3-11,13H,12H2,1-2H3,(H,23,27)(H,24,26)(H,25,28)/b22-11-. The fraction of sp³-hybridized carbons (Fsp3) is 0.200. The average molecular weight is 461 g/mol. The number of anilines is 1. The minimum atomic E-state index is -0.873. The third-order valence-electron chi connectivity index (χ3n) is 3.40. The summed E-state index contributed by atoms with van der Waals surface area (Å²) in [6.45, 7) is 3.29. The Morgan fingerprint density at radius 2 is 1.76 bits per heavy atom. The van der Waals surface area contributed by atoms with Crippen molar-refractivity contribution in [3.05, 3.63) is 58.6 Å². The van der Waals surface area contributed by atoms with Crippen LogP contribution in [0.25, 0.3) is 0 Å². The Bertz CT molecular complexity index is 898. The predicted octanol–water partition coefficient (Wildman–Crippen LogP) is 2.44. The Morgan fingerprint density at radius 1 is 1.07 bits per heavy atom. The molecule has 0 radical (unpaired) electrons. The Labute approximate surface area is 176 Å². The molecule has 8 nitrogen and oxygen atoms in total. The fourth-order valence-corrected chi connectivity index (χ4v) is 2.40. The number of hydrogen-bond acceptors (Lipinski definition) is 5. The molecule has 0 saturated carbocycles. The molecule has 0 unspecified atom stereocenters. The number of benzene rings is 2. The van der Waals surface area contributed by atoms with Gasteiger partial charge in [-0.1, -0.05) is 28.1 Å². The van der Waals surface area contributed by atoms with Crippen molar-refractivity contribution < 1.29 is 19.1 Å². The summed E-state index contributed by atoms with van der Waals surface area (Å²) in [6.07, 6.45) is 1.34. The Morgan fingerprint density at radius 3 is 2.45 bits per heavy atom. The molecule has 0 aliphatic carbocycles. The second-order valence-corrected chi connectivity index (χ2v) is 7.12. The van der Waals surface area contributed by atoms with E-state index in [-0.39, 0.29) is 18.6 Å². The highest BCUT2D eigenvalue weighted by atomic mass is 79.9. The molecule has 3 N–H and O–H groups in total. The van der Waals surface area contributed by atoms with E-state index in [2.05, 4.69) is 37.1 Å². The number of nitrogens with zero attached hydrogens (tertiary/aromatic N) is 1. The molecule has 0 saturated heterocycles. The lowest BCUT2D eigenvalue weighted by Gasteiger charge is -2.10. The first-order valence-corrected chi connectivity index (χ1v) is 9.55. The summed E-state index contributed by atoms with van der Waals surface area (Å²) in [5, 5.41) is 8.95. The van der Waals surface area contributed by atoms with Crippen molar-refractivity contribution in [3.8, 4) is 5.75 Å². The van der Waals surface area contributed by atoms with Crippen LogP contribution in [0.15, 0.2) is 58.1 Å². The van der Waals surface area contributed by atoms with E-state index >= 15 is 0 Å². The van der Waals surface area contributed by atoms with Crippen LogP contribution >= 0.6 is 15.9 Å². The minimum Gasteiger partial charge on any atom is -0.483 e. The zero-order chi connectivity index (χ0) is 21.2. The third kappa shape index (κ3) is 7.74. The maximum atomic E-state index is 12.1. The molecule has 2 rings (SSSR count). The van der Waals surface area contributed by atoms with Gasteiger partial charge in [-0.25, -0.2) is 5.43 Å². The number of hydrazone groups is 1. The van der Waals surface area contributed by atoms with Gasteiger partial charge < -0.3 is 15.4 Å². The van der Waals surface area contributed by atoms with E-state index in [9.17, 15) is 14.4 Å². The minimum absolute atomic E-state index is 0.157. The van der Waals surface area contributed by atoms with Crippen LogP contribution in [0.2, 0.25) is 0 Å². The van der Waals surface area contributed by atoms with Gasteiger partial charge in [0.2, 0.25) is 0 Å². The molecule has 0 heterocycles. The van der Waals surface area contributed by atoms with Crippen LogP contribution in [0.3, 0.4) is 0 Å². The summed E-state index contributed by atoms with van der Waals surface area (Å²) in [7, 11) is 0. The smallest absolute Gasteiger partial charge is 0.329 e. The normalized spacial score (nSPS) is 10.6. The van der Waals surface area contributed by atoms with E-state index in [1.165, 1.54) is 6.21 Å². The van der Waals surface area contributed by atoms with Gasteiger partial charge in [0.15, 0.2) is 6.61 Å².